The van der Waals surface area contributed by atoms with Crippen LogP contribution in [0.3, 0.4) is 0 Å². The van der Waals surface area contributed by atoms with E-state index >= 15 is 0 Å². The third-order valence-electron chi connectivity index (χ3n) is 5.66. The van der Waals surface area contributed by atoms with E-state index in [-0.39, 0.29) is 23.7 Å². The molecular weight excluding hydrogens is 348 g/mol. The van der Waals surface area contributed by atoms with Gasteiger partial charge in [0.05, 0.1) is 18.4 Å². The number of furan rings is 1. The molecule has 1 saturated carbocycles. The van der Waals surface area contributed by atoms with Crippen molar-refractivity contribution in [3.63, 3.8) is 0 Å². The van der Waals surface area contributed by atoms with Crippen LogP contribution in [0.5, 0.6) is 0 Å². The van der Waals surface area contributed by atoms with Gasteiger partial charge < -0.3 is 19.4 Å². The first kappa shape index (κ1) is 19.5. The summed E-state index contributed by atoms with van der Waals surface area (Å²) >= 11 is 0. The second kappa shape index (κ2) is 8.59. The Bertz CT molecular complexity index is 656. The van der Waals surface area contributed by atoms with E-state index in [0.717, 1.165) is 19.3 Å². The van der Waals surface area contributed by atoms with Crippen LogP contribution >= 0.6 is 0 Å². The summed E-state index contributed by atoms with van der Waals surface area (Å²) < 4.78 is 10.2. The van der Waals surface area contributed by atoms with Crippen LogP contribution in [0.15, 0.2) is 23.0 Å². The number of piperidine rings is 1. The molecule has 1 N–H and O–H groups in total. The van der Waals surface area contributed by atoms with Crippen LogP contribution in [0, 0.1) is 5.92 Å². The van der Waals surface area contributed by atoms with Gasteiger partial charge in [-0.2, -0.15) is 0 Å². The zero-order valence-corrected chi connectivity index (χ0v) is 15.9. The van der Waals surface area contributed by atoms with Crippen molar-refractivity contribution in [1.29, 1.82) is 0 Å². The number of hydrogen-bond acceptors (Lipinski definition) is 5. The van der Waals surface area contributed by atoms with Gasteiger partial charge >= 0.3 is 5.97 Å². The maximum atomic E-state index is 12.8. The molecule has 0 bridgehead atoms. The van der Waals surface area contributed by atoms with Crippen LogP contribution in [0.1, 0.15) is 62.2 Å². The molecule has 2 aliphatic rings. The van der Waals surface area contributed by atoms with Crippen LogP contribution in [0.25, 0.3) is 0 Å². The number of nitrogens with one attached hydrogen (secondary N) is 1. The standard InChI is InChI=1S/C20H28N2O5/c1-2-27-19(25)20(9-4-3-5-10-20)21-17(23)15-6-11-22(12-7-15)18(24)16-8-13-26-14-16/h8,13-15H,2-7,9-12H2,1H3,(H,21,23). The maximum absolute atomic E-state index is 12.8. The summed E-state index contributed by atoms with van der Waals surface area (Å²) in [7, 11) is 0. The summed E-state index contributed by atoms with van der Waals surface area (Å²) in [6.07, 6.45) is 8.27. The highest BCUT2D eigenvalue weighted by molar-refractivity contribution is 5.94. The quantitative estimate of drug-likeness (QED) is 0.798. The van der Waals surface area contributed by atoms with E-state index in [4.69, 9.17) is 9.15 Å². The van der Waals surface area contributed by atoms with Crippen LogP contribution < -0.4 is 5.32 Å². The van der Waals surface area contributed by atoms with Crippen molar-refractivity contribution in [1.82, 2.24) is 10.2 Å². The SMILES string of the molecule is CCOC(=O)C1(NC(=O)C2CCN(C(=O)c3ccoc3)CC2)CCCCC1. The van der Waals surface area contributed by atoms with Gasteiger partial charge in [-0.05, 0) is 38.7 Å². The number of esters is 1. The van der Waals surface area contributed by atoms with Crippen LogP contribution in [-0.4, -0.2) is 47.9 Å². The zero-order chi connectivity index (χ0) is 19.3. The summed E-state index contributed by atoms with van der Waals surface area (Å²) in [6.45, 7) is 3.14. The van der Waals surface area contributed by atoms with Gasteiger partial charge in [-0.1, -0.05) is 19.3 Å². The third kappa shape index (κ3) is 4.34. The van der Waals surface area contributed by atoms with Crippen molar-refractivity contribution < 1.29 is 23.5 Å². The average molecular weight is 376 g/mol. The van der Waals surface area contributed by atoms with Gasteiger partial charge in [0.1, 0.15) is 11.8 Å². The lowest BCUT2D eigenvalue weighted by atomic mass is 9.80. The summed E-state index contributed by atoms with van der Waals surface area (Å²) in [5.41, 5.74) is -0.351. The van der Waals surface area contributed by atoms with E-state index in [9.17, 15) is 14.4 Å². The Morgan fingerprint density at radius 2 is 1.93 bits per heavy atom. The average Bonchev–Trinajstić information content (AvgIpc) is 3.23. The highest BCUT2D eigenvalue weighted by Gasteiger charge is 2.43. The van der Waals surface area contributed by atoms with E-state index in [1.165, 1.54) is 12.5 Å². The molecule has 148 valence electrons. The van der Waals surface area contributed by atoms with Crippen LogP contribution in [0.4, 0.5) is 0 Å². The molecule has 2 amide bonds. The summed E-state index contributed by atoms with van der Waals surface area (Å²) in [6, 6.07) is 1.65. The molecule has 1 aromatic rings. The molecule has 0 unspecified atom stereocenters. The molecule has 0 atom stereocenters. The number of carbonyl (C=O) groups excluding carboxylic acids is 3. The first-order valence-electron chi connectivity index (χ1n) is 9.86. The smallest absolute Gasteiger partial charge is 0.331 e. The molecular formula is C20H28N2O5. The molecule has 2 fully saturated rings. The Kier molecular flexibility index (Phi) is 6.19. The molecule has 0 radical (unpaired) electrons. The number of amides is 2. The fourth-order valence-electron chi connectivity index (χ4n) is 4.06. The van der Waals surface area contributed by atoms with Crippen molar-refractivity contribution in [2.75, 3.05) is 19.7 Å². The maximum Gasteiger partial charge on any atom is 0.331 e. The molecule has 0 aromatic carbocycles. The predicted molar refractivity (Wildman–Crippen MR) is 97.9 cm³/mol. The Balaban J connectivity index is 1.58. The second-order valence-electron chi connectivity index (χ2n) is 7.43. The number of carbonyl (C=O) groups is 3. The van der Waals surface area contributed by atoms with Crippen LogP contribution in [0.2, 0.25) is 0 Å². The molecule has 1 aliphatic carbocycles. The normalized spacial score (nSPS) is 20.1. The number of hydrogen-bond donors (Lipinski definition) is 1. The predicted octanol–water partition coefficient (Wildman–Crippen LogP) is 2.51. The van der Waals surface area contributed by atoms with E-state index in [1.54, 1.807) is 17.9 Å². The van der Waals surface area contributed by atoms with E-state index < -0.39 is 5.54 Å². The molecule has 3 rings (SSSR count). The number of nitrogens with zero attached hydrogens (tertiary/aromatic N) is 1. The lowest BCUT2D eigenvalue weighted by Gasteiger charge is -2.38. The van der Waals surface area contributed by atoms with Gasteiger partial charge in [0.25, 0.3) is 5.91 Å². The van der Waals surface area contributed by atoms with Crippen molar-refractivity contribution in [2.24, 2.45) is 5.92 Å². The Morgan fingerprint density at radius 1 is 1.22 bits per heavy atom. The van der Waals surface area contributed by atoms with E-state index in [2.05, 4.69) is 5.32 Å². The molecule has 7 heteroatoms. The van der Waals surface area contributed by atoms with Gasteiger partial charge in [0, 0.05) is 19.0 Å². The number of rotatable bonds is 5. The number of ether oxygens (including phenoxy) is 1. The molecule has 2 heterocycles. The van der Waals surface area contributed by atoms with Crippen molar-refractivity contribution in [3.8, 4) is 0 Å². The van der Waals surface area contributed by atoms with E-state index in [0.29, 0.717) is 50.9 Å². The summed E-state index contributed by atoms with van der Waals surface area (Å²) in [5.74, 6) is -0.671. The summed E-state index contributed by atoms with van der Waals surface area (Å²) in [4.78, 5) is 39.5. The summed E-state index contributed by atoms with van der Waals surface area (Å²) in [5, 5.41) is 3.03. The van der Waals surface area contributed by atoms with Gasteiger partial charge in [0.15, 0.2) is 0 Å². The second-order valence-corrected chi connectivity index (χ2v) is 7.43. The van der Waals surface area contributed by atoms with E-state index in [1.807, 2.05) is 0 Å². The lowest BCUT2D eigenvalue weighted by Crippen LogP contribution is -2.58. The molecule has 1 aliphatic heterocycles. The first-order chi connectivity index (χ1) is 13.1. The molecule has 1 aromatic heterocycles. The molecule has 7 nitrogen and oxygen atoms in total. The topological polar surface area (TPSA) is 88.9 Å². The Labute approximate surface area is 159 Å². The monoisotopic (exact) mass is 376 g/mol. The van der Waals surface area contributed by atoms with Gasteiger partial charge in [-0.15, -0.1) is 0 Å². The highest BCUT2D eigenvalue weighted by atomic mass is 16.5. The molecule has 27 heavy (non-hydrogen) atoms. The van der Waals surface area contributed by atoms with Crippen molar-refractivity contribution >= 4 is 17.8 Å². The van der Waals surface area contributed by atoms with Crippen molar-refractivity contribution in [3.05, 3.63) is 24.2 Å². The minimum atomic E-state index is -0.880. The lowest BCUT2D eigenvalue weighted by molar-refractivity contribution is -0.155. The zero-order valence-electron chi connectivity index (χ0n) is 15.9. The highest BCUT2D eigenvalue weighted by Crippen LogP contribution is 2.31. The Morgan fingerprint density at radius 3 is 2.52 bits per heavy atom. The van der Waals surface area contributed by atoms with Gasteiger partial charge in [-0.25, -0.2) is 4.79 Å². The van der Waals surface area contributed by atoms with Crippen molar-refractivity contribution in [2.45, 2.75) is 57.4 Å². The first-order valence-corrected chi connectivity index (χ1v) is 9.86. The molecule has 1 saturated heterocycles. The number of likely N-dealkylation sites (tertiary alicyclic amines) is 1. The Hall–Kier alpha value is -2.31. The largest absolute Gasteiger partial charge is 0.472 e. The third-order valence-corrected chi connectivity index (χ3v) is 5.66. The van der Waals surface area contributed by atoms with Gasteiger partial charge in [0.2, 0.25) is 5.91 Å². The van der Waals surface area contributed by atoms with Crippen LogP contribution in [-0.2, 0) is 14.3 Å². The van der Waals surface area contributed by atoms with Gasteiger partial charge in [-0.3, -0.25) is 9.59 Å². The molecule has 0 spiro atoms. The fourth-order valence-corrected chi connectivity index (χ4v) is 4.06. The minimum Gasteiger partial charge on any atom is -0.472 e. The fraction of sp³-hybridized carbons (Fsp3) is 0.650. The minimum absolute atomic E-state index is 0.0714.